The van der Waals surface area contributed by atoms with Gasteiger partial charge in [-0.25, -0.2) is 0 Å². The fourth-order valence-electron chi connectivity index (χ4n) is 2.02. The van der Waals surface area contributed by atoms with Crippen LogP contribution in [-0.4, -0.2) is 11.6 Å². The third-order valence-electron chi connectivity index (χ3n) is 3.42. The topological polar surface area (TPSA) is 57.9 Å². The molecule has 3 heteroatoms. The first-order valence-electron chi connectivity index (χ1n) is 5.68. The van der Waals surface area contributed by atoms with Gasteiger partial charge in [-0.05, 0) is 25.2 Å². The normalized spacial score (nSPS) is 19.7. The van der Waals surface area contributed by atoms with Crippen LogP contribution in [0, 0.1) is 28.1 Å². The molecule has 0 aromatic heterocycles. The van der Waals surface area contributed by atoms with Gasteiger partial charge in [0.1, 0.15) is 11.2 Å². The van der Waals surface area contributed by atoms with Gasteiger partial charge in [-0.2, -0.15) is 5.26 Å². The predicted octanol–water partition coefficient (Wildman–Crippen LogP) is 2.50. The molecule has 0 radical (unpaired) electrons. The molecule has 88 valence electrons. The van der Waals surface area contributed by atoms with E-state index in [1.54, 1.807) is 0 Å². The fraction of sp³-hybridized carbons (Fsp3) is 0.769. The van der Waals surface area contributed by atoms with Crippen molar-refractivity contribution in [3.63, 3.8) is 0 Å². The van der Waals surface area contributed by atoms with Gasteiger partial charge in [-0.3, -0.25) is 9.59 Å². The highest BCUT2D eigenvalue weighted by Gasteiger charge is 2.51. The predicted molar refractivity (Wildman–Crippen MR) is 60.5 cm³/mol. The smallest absolute Gasteiger partial charge is 0.153 e. The number of carbonyl (C=O) groups is 2. The van der Waals surface area contributed by atoms with Crippen molar-refractivity contribution in [2.75, 3.05) is 0 Å². The Morgan fingerprint density at radius 2 is 1.88 bits per heavy atom. The molecule has 1 atom stereocenters. The highest BCUT2D eigenvalue weighted by Crippen LogP contribution is 2.48. The molecule has 1 fully saturated rings. The van der Waals surface area contributed by atoms with E-state index in [-0.39, 0.29) is 29.3 Å². The number of hydrogen-bond acceptors (Lipinski definition) is 3. The first kappa shape index (κ1) is 12.9. The first-order valence-corrected chi connectivity index (χ1v) is 5.68. The Kier molecular flexibility index (Phi) is 3.23. The first-order chi connectivity index (χ1) is 7.23. The monoisotopic (exact) mass is 221 g/mol. The van der Waals surface area contributed by atoms with Crippen LogP contribution in [0.4, 0.5) is 0 Å². The number of nitrogens with zero attached hydrogens (tertiary/aromatic N) is 1. The molecule has 1 rings (SSSR count). The summed E-state index contributed by atoms with van der Waals surface area (Å²) >= 11 is 0. The minimum Gasteiger partial charge on any atom is -0.300 e. The van der Waals surface area contributed by atoms with Gasteiger partial charge in [-0.1, -0.05) is 20.8 Å². The maximum atomic E-state index is 11.9. The summed E-state index contributed by atoms with van der Waals surface area (Å²) in [5, 5.41) is 8.93. The van der Waals surface area contributed by atoms with E-state index in [4.69, 9.17) is 5.26 Å². The van der Waals surface area contributed by atoms with Gasteiger partial charge < -0.3 is 0 Å². The molecule has 0 saturated heterocycles. The van der Waals surface area contributed by atoms with Gasteiger partial charge in [0.05, 0.1) is 6.07 Å². The molecule has 16 heavy (non-hydrogen) atoms. The van der Waals surface area contributed by atoms with Crippen LogP contribution in [0.25, 0.3) is 0 Å². The second kappa shape index (κ2) is 4.01. The molecule has 0 bridgehead atoms. The van der Waals surface area contributed by atoms with Crippen molar-refractivity contribution in [3.8, 4) is 6.07 Å². The van der Waals surface area contributed by atoms with E-state index >= 15 is 0 Å². The van der Waals surface area contributed by atoms with Crippen LogP contribution in [0.1, 0.15) is 47.0 Å². The summed E-state index contributed by atoms with van der Waals surface area (Å²) in [5.74, 6) is -0.287. The van der Waals surface area contributed by atoms with Gasteiger partial charge in [0.25, 0.3) is 0 Å². The molecule has 0 aromatic carbocycles. The molecule has 1 aliphatic carbocycles. The van der Waals surface area contributed by atoms with Gasteiger partial charge in [0.15, 0.2) is 5.78 Å². The molecule has 0 N–H and O–H groups in total. The Bertz CT molecular complexity index is 353. The Hall–Kier alpha value is -1.17. The lowest BCUT2D eigenvalue weighted by molar-refractivity contribution is -0.131. The Morgan fingerprint density at radius 3 is 2.12 bits per heavy atom. The lowest BCUT2D eigenvalue weighted by Crippen LogP contribution is -2.31. The molecule has 0 unspecified atom stereocenters. The summed E-state index contributed by atoms with van der Waals surface area (Å²) in [5.41, 5.74) is -0.966. The number of rotatable bonds is 4. The lowest BCUT2D eigenvalue weighted by atomic mass is 9.74. The van der Waals surface area contributed by atoms with Crippen molar-refractivity contribution >= 4 is 11.6 Å². The summed E-state index contributed by atoms with van der Waals surface area (Å²) in [6, 6.07) is 2.09. The highest BCUT2D eigenvalue weighted by molar-refractivity contribution is 5.94. The summed E-state index contributed by atoms with van der Waals surface area (Å²) in [6.45, 7) is 7.39. The van der Waals surface area contributed by atoms with Crippen LogP contribution >= 0.6 is 0 Å². The van der Waals surface area contributed by atoms with E-state index in [1.807, 2.05) is 20.8 Å². The lowest BCUT2D eigenvalue weighted by Gasteiger charge is -2.28. The molecule has 1 aliphatic rings. The van der Waals surface area contributed by atoms with E-state index < -0.39 is 5.41 Å². The molecule has 0 aliphatic heterocycles. The molecule has 0 amide bonds. The van der Waals surface area contributed by atoms with Gasteiger partial charge in [-0.15, -0.1) is 0 Å². The quantitative estimate of drug-likeness (QED) is 0.732. The average molecular weight is 221 g/mol. The molecular formula is C13H19NO2. The highest BCUT2D eigenvalue weighted by atomic mass is 16.1. The number of carbonyl (C=O) groups excluding carboxylic acids is 2. The minimum atomic E-state index is -0.751. The summed E-state index contributed by atoms with van der Waals surface area (Å²) in [4.78, 5) is 23.5. The van der Waals surface area contributed by atoms with E-state index in [1.165, 1.54) is 6.92 Å². The number of ketones is 2. The Morgan fingerprint density at radius 1 is 1.38 bits per heavy atom. The second-order valence-corrected chi connectivity index (χ2v) is 5.85. The molecule has 0 spiro atoms. The van der Waals surface area contributed by atoms with Crippen LogP contribution < -0.4 is 0 Å². The van der Waals surface area contributed by atoms with Crippen LogP contribution in [0.15, 0.2) is 0 Å². The zero-order chi connectivity index (χ0) is 12.6. The summed E-state index contributed by atoms with van der Waals surface area (Å²) < 4.78 is 0. The van der Waals surface area contributed by atoms with Crippen LogP contribution in [0.3, 0.4) is 0 Å². The van der Waals surface area contributed by atoms with Crippen molar-refractivity contribution in [1.82, 2.24) is 0 Å². The molecular weight excluding hydrogens is 202 g/mol. The van der Waals surface area contributed by atoms with Crippen LogP contribution in [0.2, 0.25) is 0 Å². The third kappa shape index (κ3) is 2.49. The molecule has 1 saturated carbocycles. The van der Waals surface area contributed by atoms with E-state index in [0.717, 1.165) is 0 Å². The summed E-state index contributed by atoms with van der Waals surface area (Å²) in [6.07, 6.45) is 1.54. The average Bonchev–Trinajstić information content (AvgIpc) is 2.91. The van der Waals surface area contributed by atoms with Crippen molar-refractivity contribution in [3.05, 3.63) is 0 Å². The van der Waals surface area contributed by atoms with Crippen molar-refractivity contribution < 1.29 is 9.59 Å². The Labute approximate surface area is 96.8 Å². The van der Waals surface area contributed by atoms with Gasteiger partial charge in [0.2, 0.25) is 0 Å². The van der Waals surface area contributed by atoms with Crippen molar-refractivity contribution in [2.45, 2.75) is 47.0 Å². The van der Waals surface area contributed by atoms with E-state index in [9.17, 15) is 9.59 Å². The summed E-state index contributed by atoms with van der Waals surface area (Å²) in [7, 11) is 0. The van der Waals surface area contributed by atoms with Gasteiger partial charge in [0, 0.05) is 12.3 Å². The number of hydrogen-bond donors (Lipinski definition) is 0. The zero-order valence-electron chi connectivity index (χ0n) is 10.5. The molecule has 0 aromatic rings. The maximum Gasteiger partial charge on any atom is 0.153 e. The number of Topliss-reactive ketones (excluding diaryl/α,β-unsaturated/α-hetero) is 2. The zero-order valence-corrected chi connectivity index (χ0v) is 10.5. The van der Waals surface area contributed by atoms with Crippen LogP contribution in [0.5, 0.6) is 0 Å². The SMILES string of the molecule is CC(=O)[C@@H](CC(=O)C1(C#N)CC1)C(C)(C)C. The standard InChI is InChI=1S/C13H19NO2/c1-9(15)10(12(2,3)4)7-11(16)13(8-14)5-6-13/h10H,5-7H2,1-4H3/t10-/m1/s1. The Balaban J connectivity index is 2.75. The fourth-order valence-corrected chi connectivity index (χ4v) is 2.02. The van der Waals surface area contributed by atoms with E-state index in [0.29, 0.717) is 12.8 Å². The second-order valence-electron chi connectivity index (χ2n) is 5.85. The van der Waals surface area contributed by atoms with E-state index in [2.05, 4.69) is 6.07 Å². The van der Waals surface area contributed by atoms with Crippen molar-refractivity contribution in [1.29, 1.82) is 5.26 Å². The largest absolute Gasteiger partial charge is 0.300 e. The molecule has 0 heterocycles. The van der Waals surface area contributed by atoms with Crippen LogP contribution in [-0.2, 0) is 9.59 Å². The van der Waals surface area contributed by atoms with Crippen molar-refractivity contribution in [2.24, 2.45) is 16.7 Å². The third-order valence-corrected chi connectivity index (χ3v) is 3.42. The van der Waals surface area contributed by atoms with Gasteiger partial charge >= 0.3 is 0 Å². The maximum absolute atomic E-state index is 11.9. The minimum absolute atomic E-state index is 0.0367. The number of nitriles is 1. The molecule has 3 nitrogen and oxygen atoms in total.